The first-order chi connectivity index (χ1) is 8.97. The fourth-order valence-corrected chi connectivity index (χ4v) is 1.66. The SMILES string of the molecule is Cc1ccc(C(=O)O)c(Oc2ccc(C)c(C)c2)n1. The van der Waals surface area contributed by atoms with Crippen molar-refractivity contribution in [1.29, 1.82) is 0 Å². The maximum absolute atomic E-state index is 11.1. The van der Waals surface area contributed by atoms with E-state index in [1.54, 1.807) is 19.1 Å². The Kier molecular flexibility index (Phi) is 3.51. The van der Waals surface area contributed by atoms with Crippen molar-refractivity contribution >= 4 is 5.97 Å². The number of carbonyl (C=O) groups is 1. The van der Waals surface area contributed by atoms with Gasteiger partial charge in [-0.3, -0.25) is 0 Å². The zero-order valence-corrected chi connectivity index (χ0v) is 11.1. The average Bonchev–Trinajstić information content (AvgIpc) is 2.33. The van der Waals surface area contributed by atoms with E-state index in [4.69, 9.17) is 9.84 Å². The van der Waals surface area contributed by atoms with Crippen LogP contribution in [0.5, 0.6) is 11.6 Å². The van der Waals surface area contributed by atoms with Crippen molar-refractivity contribution in [3.05, 3.63) is 52.7 Å². The van der Waals surface area contributed by atoms with Crippen molar-refractivity contribution < 1.29 is 14.6 Å². The van der Waals surface area contributed by atoms with Crippen molar-refractivity contribution in [3.63, 3.8) is 0 Å². The Morgan fingerprint density at radius 1 is 1.11 bits per heavy atom. The minimum absolute atomic E-state index is 0.0591. The molecule has 0 unspecified atom stereocenters. The molecule has 2 aromatic rings. The lowest BCUT2D eigenvalue weighted by Crippen LogP contribution is -2.03. The summed E-state index contributed by atoms with van der Waals surface area (Å²) in [6, 6.07) is 8.75. The van der Waals surface area contributed by atoms with E-state index in [-0.39, 0.29) is 11.4 Å². The Morgan fingerprint density at radius 2 is 1.84 bits per heavy atom. The Bertz CT molecular complexity index is 635. The lowest BCUT2D eigenvalue weighted by atomic mass is 10.1. The Labute approximate surface area is 111 Å². The molecule has 0 saturated heterocycles. The number of nitrogens with zero attached hydrogens (tertiary/aromatic N) is 1. The Balaban J connectivity index is 2.39. The third-order valence-electron chi connectivity index (χ3n) is 2.92. The fourth-order valence-electron chi connectivity index (χ4n) is 1.66. The molecule has 0 fully saturated rings. The van der Waals surface area contributed by atoms with Gasteiger partial charge in [0.05, 0.1) is 0 Å². The molecule has 98 valence electrons. The van der Waals surface area contributed by atoms with Crippen molar-refractivity contribution in [2.24, 2.45) is 0 Å². The van der Waals surface area contributed by atoms with Crippen molar-refractivity contribution in [1.82, 2.24) is 4.98 Å². The van der Waals surface area contributed by atoms with Gasteiger partial charge in [0.2, 0.25) is 5.88 Å². The minimum atomic E-state index is -1.05. The number of pyridine rings is 1. The predicted octanol–water partition coefficient (Wildman–Crippen LogP) is 3.50. The molecule has 1 N–H and O–H groups in total. The van der Waals surface area contributed by atoms with Crippen LogP contribution in [0.15, 0.2) is 30.3 Å². The minimum Gasteiger partial charge on any atom is -0.477 e. The standard InChI is InChI=1S/C15H15NO3/c1-9-4-6-12(8-10(9)2)19-14-13(15(17)18)7-5-11(3)16-14/h4-8H,1-3H3,(H,17,18). The second-order valence-electron chi connectivity index (χ2n) is 4.46. The largest absolute Gasteiger partial charge is 0.477 e. The average molecular weight is 257 g/mol. The smallest absolute Gasteiger partial charge is 0.341 e. The van der Waals surface area contributed by atoms with Crippen LogP contribution in [-0.4, -0.2) is 16.1 Å². The molecule has 0 spiro atoms. The molecule has 0 atom stereocenters. The van der Waals surface area contributed by atoms with Crippen LogP contribution in [0.25, 0.3) is 0 Å². The van der Waals surface area contributed by atoms with Crippen LogP contribution in [0.3, 0.4) is 0 Å². The van der Waals surface area contributed by atoms with Crippen molar-refractivity contribution in [2.45, 2.75) is 20.8 Å². The third kappa shape index (κ3) is 2.91. The molecule has 0 aliphatic carbocycles. The summed E-state index contributed by atoms with van der Waals surface area (Å²) < 4.78 is 5.60. The molecular weight excluding hydrogens is 242 g/mol. The lowest BCUT2D eigenvalue weighted by Gasteiger charge is -2.09. The first kappa shape index (κ1) is 13.1. The van der Waals surface area contributed by atoms with Crippen molar-refractivity contribution in [3.8, 4) is 11.6 Å². The van der Waals surface area contributed by atoms with Crippen molar-refractivity contribution in [2.75, 3.05) is 0 Å². The maximum atomic E-state index is 11.1. The molecule has 0 aliphatic rings. The van der Waals surface area contributed by atoms with Gasteiger partial charge in [-0.2, -0.15) is 0 Å². The molecule has 0 aliphatic heterocycles. The van der Waals surface area contributed by atoms with Gasteiger partial charge >= 0.3 is 5.97 Å². The Hall–Kier alpha value is -2.36. The molecule has 4 heteroatoms. The molecule has 19 heavy (non-hydrogen) atoms. The summed E-state index contributed by atoms with van der Waals surface area (Å²) in [5.74, 6) is -0.342. The first-order valence-electron chi connectivity index (χ1n) is 5.93. The number of carboxylic acids is 1. The first-order valence-corrected chi connectivity index (χ1v) is 5.93. The van der Waals surface area contributed by atoms with E-state index in [1.165, 1.54) is 6.07 Å². The topological polar surface area (TPSA) is 59.4 Å². The monoisotopic (exact) mass is 257 g/mol. The number of aromatic nitrogens is 1. The molecule has 0 amide bonds. The van der Waals surface area contributed by atoms with Crippen LogP contribution in [0, 0.1) is 20.8 Å². The summed E-state index contributed by atoms with van der Waals surface area (Å²) in [7, 11) is 0. The second kappa shape index (κ2) is 5.10. The van der Waals surface area contributed by atoms with E-state index in [9.17, 15) is 4.79 Å². The van der Waals surface area contributed by atoms with Crippen LogP contribution in [0.2, 0.25) is 0 Å². The zero-order valence-electron chi connectivity index (χ0n) is 11.1. The highest BCUT2D eigenvalue weighted by molar-refractivity contribution is 5.90. The third-order valence-corrected chi connectivity index (χ3v) is 2.92. The number of hydrogen-bond donors (Lipinski definition) is 1. The van der Waals surface area contributed by atoms with Gasteiger partial charge in [-0.05, 0) is 56.2 Å². The molecule has 1 aromatic carbocycles. The fraction of sp³-hybridized carbons (Fsp3) is 0.200. The van der Waals surface area contributed by atoms with E-state index >= 15 is 0 Å². The van der Waals surface area contributed by atoms with Gasteiger partial charge in [-0.1, -0.05) is 6.07 Å². The summed E-state index contributed by atoms with van der Waals surface area (Å²) in [5.41, 5.74) is 3.01. The highest BCUT2D eigenvalue weighted by Gasteiger charge is 2.14. The lowest BCUT2D eigenvalue weighted by molar-refractivity contribution is 0.0693. The summed E-state index contributed by atoms with van der Waals surface area (Å²) in [6.07, 6.45) is 0. The summed E-state index contributed by atoms with van der Waals surface area (Å²) in [5, 5.41) is 9.11. The summed E-state index contributed by atoms with van der Waals surface area (Å²) in [4.78, 5) is 15.3. The van der Waals surface area contributed by atoms with Gasteiger partial charge in [0.15, 0.2) is 0 Å². The number of aromatic carboxylic acids is 1. The van der Waals surface area contributed by atoms with E-state index in [2.05, 4.69) is 4.98 Å². The zero-order chi connectivity index (χ0) is 14.0. The van der Waals surface area contributed by atoms with Gasteiger partial charge in [0.1, 0.15) is 11.3 Å². The van der Waals surface area contributed by atoms with Crippen LogP contribution in [-0.2, 0) is 0 Å². The molecule has 0 radical (unpaired) electrons. The van der Waals surface area contributed by atoms with Gasteiger partial charge in [-0.25, -0.2) is 9.78 Å². The van der Waals surface area contributed by atoms with Crippen LogP contribution < -0.4 is 4.74 Å². The van der Waals surface area contributed by atoms with Gasteiger partial charge in [-0.15, -0.1) is 0 Å². The number of hydrogen-bond acceptors (Lipinski definition) is 3. The highest BCUT2D eigenvalue weighted by Crippen LogP contribution is 2.25. The quantitative estimate of drug-likeness (QED) is 0.914. The normalized spacial score (nSPS) is 10.3. The van der Waals surface area contributed by atoms with Gasteiger partial charge in [0, 0.05) is 5.69 Å². The van der Waals surface area contributed by atoms with E-state index in [1.807, 2.05) is 26.0 Å². The maximum Gasteiger partial charge on any atom is 0.341 e. The molecule has 1 heterocycles. The molecule has 2 rings (SSSR count). The number of benzene rings is 1. The van der Waals surface area contributed by atoms with Crippen LogP contribution in [0.4, 0.5) is 0 Å². The number of aryl methyl sites for hydroxylation is 3. The van der Waals surface area contributed by atoms with E-state index in [0.29, 0.717) is 11.4 Å². The summed E-state index contributed by atoms with van der Waals surface area (Å²) in [6.45, 7) is 5.77. The molecule has 0 saturated carbocycles. The highest BCUT2D eigenvalue weighted by atomic mass is 16.5. The summed E-state index contributed by atoms with van der Waals surface area (Å²) >= 11 is 0. The number of ether oxygens (including phenoxy) is 1. The number of rotatable bonds is 3. The predicted molar refractivity (Wildman–Crippen MR) is 71.9 cm³/mol. The van der Waals surface area contributed by atoms with Crippen LogP contribution in [0.1, 0.15) is 27.2 Å². The molecule has 1 aromatic heterocycles. The number of carboxylic acid groups (broad SMARTS) is 1. The Morgan fingerprint density at radius 3 is 2.47 bits per heavy atom. The second-order valence-corrected chi connectivity index (χ2v) is 4.46. The van der Waals surface area contributed by atoms with Gasteiger partial charge in [0.25, 0.3) is 0 Å². The molecule has 4 nitrogen and oxygen atoms in total. The molecule has 0 bridgehead atoms. The molecular formula is C15H15NO3. The van der Waals surface area contributed by atoms with Crippen LogP contribution >= 0.6 is 0 Å². The van der Waals surface area contributed by atoms with Gasteiger partial charge < -0.3 is 9.84 Å². The van der Waals surface area contributed by atoms with E-state index in [0.717, 1.165) is 11.1 Å². The van der Waals surface area contributed by atoms with E-state index < -0.39 is 5.97 Å².